The van der Waals surface area contributed by atoms with Gasteiger partial charge < -0.3 is 4.90 Å². The topological polar surface area (TPSA) is 3.24 Å². The highest BCUT2D eigenvalue weighted by Crippen LogP contribution is 2.42. The number of hydrogen-bond acceptors (Lipinski definition) is 4. The minimum atomic E-state index is 0.551. The highest BCUT2D eigenvalue weighted by molar-refractivity contribution is 8.17. The monoisotopic (exact) mass is 996 g/mol. The van der Waals surface area contributed by atoms with Crippen LogP contribution in [0.1, 0.15) is 308 Å². The maximum absolute atomic E-state index is 4.64. The summed E-state index contributed by atoms with van der Waals surface area (Å²) in [5, 5.41) is 0.777. The number of rotatable bonds is 40. The number of nitrogens with zero attached hydrogens (tertiary/aromatic N) is 1. The molecular weight excluding hydrogens is 867 g/mol. The third-order valence-corrected chi connectivity index (χ3v) is 18.4. The van der Waals surface area contributed by atoms with Gasteiger partial charge in [-0.2, -0.15) is 11.8 Å². The molecule has 0 spiro atoms. The van der Waals surface area contributed by atoms with Crippen molar-refractivity contribution in [1.29, 1.82) is 0 Å². The van der Waals surface area contributed by atoms with Crippen LogP contribution < -0.4 is 0 Å². The van der Waals surface area contributed by atoms with Crippen LogP contribution >= 0.6 is 35.3 Å². The first kappa shape index (κ1) is 71.7. The second-order valence-corrected chi connectivity index (χ2v) is 26.3. The summed E-state index contributed by atoms with van der Waals surface area (Å²) < 4.78 is 0.767. The molecule has 0 N–H and O–H groups in total. The second kappa shape index (κ2) is 54.3. The Balaban J connectivity index is -0.00000217. The minimum Gasteiger partial charge on any atom is -0.306 e. The fourth-order valence-electron chi connectivity index (χ4n) is 8.75. The highest BCUT2D eigenvalue weighted by atomic mass is 32.2. The lowest BCUT2D eigenvalue weighted by Crippen LogP contribution is -2.38. The summed E-state index contributed by atoms with van der Waals surface area (Å²) in [4.78, 5) is 2.56. The number of unbranched alkanes of at least 4 members (excludes halogenated alkanes) is 16. The lowest BCUT2D eigenvalue weighted by atomic mass is 9.71. The van der Waals surface area contributed by atoms with Crippen molar-refractivity contribution >= 4 is 35.3 Å². The molecule has 1 aliphatic heterocycles. The summed E-state index contributed by atoms with van der Waals surface area (Å²) in [7, 11) is 2.32. The van der Waals surface area contributed by atoms with Crippen molar-refractivity contribution in [3.63, 3.8) is 0 Å². The summed E-state index contributed by atoms with van der Waals surface area (Å²) in [5.41, 5.74) is 3.59. The second-order valence-electron chi connectivity index (χ2n) is 21.9. The van der Waals surface area contributed by atoms with Gasteiger partial charge in [-0.15, -0.1) is 23.5 Å². The number of thioether (sulfide) groups is 3. The van der Waals surface area contributed by atoms with E-state index >= 15 is 0 Å². The van der Waals surface area contributed by atoms with E-state index in [4.69, 9.17) is 0 Å². The predicted molar refractivity (Wildman–Crippen MR) is 324 cm³/mol. The van der Waals surface area contributed by atoms with Crippen molar-refractivity contribution in [3.8, 4) is 0 Å². The fourth-order valence-corrected chi connectivity index (χ4v) is 12.6. The number of hydrogen-bond donors (Lipinski definition) is 0. The standard InChI is InChI=1S/C47H91NS3.C6H12.2C4H10.C2H6/c1-8-11-14-17-20-23-40-49-45(6)32-30-43(4)28-26-34-47(36-38-48(7)39-37-47)35-27-29-44(5)31-33-46(50-41-24-21-18-15-12-9-2)51-42-25-22-19-16-13-10-3;1-3-6-4-5(6)2;1-4(2)3;1-3-4-2;1-2/h45-46H,4-5,8-42H2,1-3,6-7H3;5-6H,3-4H2,1-2H3;4H,1-3H3;3-4H2,1-2H3;1-2H3. The molecule has 1 heterocycles. The molecular formula is C63H129NS3. The largest absolute Gasteiger partial charge is 0.306 e. The van der Waals surface area contributed by atoms with E-state index in [2.05, 4.69) is 137 Å². The zero-order chi connectivity index (χ0) is 50.8. The lowest BCUT2D eigenvalue weighted by molar-refractivity contribution is 0.0978. The van der Waals surface area contributed by atoms with Gasteiger partial charge in [0.25, 0.3) is 0 Å². The van der Waals surface area contributed by atoms with Gasteiger partial charge in [0.2, 0.25) is 0 Å². The van der Waals surface area contributed by atoms with Crippen LogP contribution in [0.4, 0.5) is 0 Å². The Morgan fingerprint density at radius 2 is 0.881 bits per heavy atom. The van der Waals surface area contributed by atoms with Crippen molar-refractivity contribution in [2.75, 3.05) is 37.4 Å². The van der Waals surface area contributed by atoms with Crippen LogP contribution in [0.5, 0.6) is 0 Å². The van der Waals surface area contributed by atoms with E-state index < -0.39 is 0 Å². The lowest BCUT2D eigenvalue weighted by Gasteiger charge is -2.41. The zero-order valence-electron chi connectivity index (χ0n) is 49.1. The van der Waals surface area contributed by atoms with Gasteiger partial charge in [0.1, 0.15) is 0 Å². The van der Waals surface area contributed by atoms with Crippen molar-refractivity contribution < 1.29 is 0 Å². The molecule has 1 saturated carbocycles. The number of piperidine rings is 1. The Labute approximate surface area is 440 Å². The maximum atomic E-state index is 4.64. The van der Waals surface area contributed by atoms with E-state index in [1.54, 1.807) is 0 Å². The van der Waals surface area contributed by atoms with Crippen molar-refractivity contribution in [2.45, 2.75) is 318 Å². The molecule has 0 aromatic carbocycles. The van der Waals surface area contributed by atoms with Gasteiger partial charge in [0.05, 0.1) is 4.58 Å². The molecule has 0 bridgehead atoms. The van der Waals surface area contributed by atoms with E-state index in [9.17, 15) is 0 Å². The van der Waals surface area contributed by atoms with Crippen LogP contribution in [-0.4, -0.2) is 52.1 Å². The summed E-state index contributed by atoms with van der Waals surface area (Å²) in [6, 6.07) is 0. The molecule has 3 atom stereocenters. The van der Waals surface area contributed by atoms with Crippen LogP contribution in [0.3, 0.4) is 0 Å². The first-order valence-electron chi connectivity index (χ1n) is 30.2. The highest BCUT2D eigenvalue weighted by Gasteiger charge is 2.33. The average Bonchev–Trinajstić information content (AvgIpc) is 4.05. The zero-order valence-corrected chi connectivity index (χ0v) is 51.5. The molecule has 1 aliphatic carbocycles. The van der Waals surface area contributed by atoms with Gasteiger partial charge in [0.15, 0.2) is 0 Å². The average molecular weight is 997 g/mol. The molecule has 1 nitrogen and oxygen atoms in total. The molecule has 0 amide bonds. The quantitative estimate of drug-likeness (QED) is 0.0342. The van der Waals surface area contributed by atoms with Crippen LogP contribution in [0.15, 0.2) is 24.3 Å². The summed E-state index contributed by atoms with van der Waals surface area (Å²) in [6.45, 7) is 40.6. The Morgan fingerprint density at radius 1 is 0.522 bits per heavy atom. The first-order valence-corrected chi connectivity index (χ1v) is 33.3. The SMILES string of the molecule is C=C(CCCC1(CCCC(=C)CCC(SCCCCCCCC)SCCCCCCCC)CCN(C)CC1)CCC(C)SCCCCCCCC.CC.CC(C)C.CCC1CC1C.CCCC. The summed E-state index contributed by atoms with van der Waals surface area (Å²) in [6.07, 6.45) is 46.8. The Morgan fingerprint density at radius 3 is 1.22 bits per heavy atom. The molecule has 0 aromatic rings. The minimum absolute atomic E-state index is 0.551. The van der Waals surface area contributed by atoms with E-state index in [1.165, 1.54) is 260 Å². The van der Waals surface area contributed by atoms with Crippen molar-refractivity contribution in [1.82, 2.24) is 4.90 Å². The normalized spacial score (nSPS) is 16.7. The molecule has 1 saturated heterocycles. The fraction of sp³-hybridized carbons (Fsp3) is 0.937. The van der Waals surface area contributed by atoms with Crippen molar-refractivity contribution in [3.05, 3.63) is 24.3 Å². The molecule has 4 heteroatoms. The van der Waals surface area contributed by atoms with E-state index in [-0.39, 0.29) is 0 Å². The van der Waals surface area contributed by atoms with E-state index in [1.807, 2.05) is 13.8 Å². The molecule has 2 rings (SSSR count). The van der Waals surface area contributed by atoms with Crippen molar-refractivity contribution in [2.24, 2.45) is 23.2 Å². The third-order valence-electron chi connectivity index (χ3n) is 14.0. The number of allylic oxidation sites excluding steroid dienone is 2. The van der Waals surface area contributed by atoms with Gasteiger partial charge in [-0.05, 0) is 163 Å². The van der Waals surface area contributed by atoms with Crippen LogP contribution in [0, 0.1) is 23.2 Å². The van der Waals surface area contributed by atoms with Gasteiger partial charge in [-0.25, -0.2) is 0 Å². The van der Waals surface area contributed by atoms with Crippen LogP contribution in [0.25, 0.3) is 0 Å². The molecule has 67 heavy (non-hydrogen) atoms. The summed E-state index contributed by atoms with van der Waals surface area (Å²) in [5.74, 6) is 7.06. The molecule has 0 aromatic heterocycles. The van der Waals surface area contributed by atoms with E-state index in [0.717, 1.165) is 27.6 Å². The van der Waals surface area contributed by atoms with Gasteiger partial charge >= 0.3 is 0 Å². The van der Waals surface area contributed by atoms with Gasteiger partial charge in [0, 0.05) is 5.25 Å². The Bertz CT molecular complexity index is 961. The smallest absolute Gasteiger partial charge is 0.0505 e. The molecule has 0 radical (unpaired) electrons. The summed E-state index contributed by atoms with van der Waals surface area (Å²) >= 11 is 6.76. The Kier molecular flexibility index (Phi) is 58.1. The van der Waals surface area contributed by atoms with Crippen LogP contribution in [0.2, 0.25) is 0 Å². The molecule has 2 fully saturated rings. The van der Waals surface area contributed by atoms with Gasteiger partial charge in [-0.3, -0.25) is 0 Å². The van der Waals surface area contributed by atoms with Gasteiger partial charge in [-0.1, -0.05) is 230 Å². The third kappa shape index (κ3) is 52.6. The van der Waals surface area contributed by atoms with Crippen LogP contribution in [-0.2, 0) is 0 Å². The number of likely N-dealkylation sites (tertiary alicyclic amines) is 1. The predicted octanol–water partition coefficient (Wildman–Crippen LogP) is 23.3. The molecule has 404 valence electrons. The first-order chi connectivity index (χ1) is 32.3. The Hall–Kier alpha value is 0.490. The maximum Gasteiger partial charge on any atom is 0.0505 e. The molecule has 3 unspecified atom stereocenters. The van der Waals surface area contributed by atoms with E-state index in [0.29, 0.717) is 5.41 Å². The molecule has 2 aliphatic rings.